The third kappa shape index (κ3) is 13.5. The fraction of sp³-hybridized carbons (Fsp3) is 0.217. The first-order valence-corrected chi connectivity index (χ1v) is 21.9. The Morgan fingerprint density at radius 3 is 1.43 bits per heavy atom. The van der Waals surface area contributed by atoms with Gasteiger partial charge >= 0.3 is 0 Å². The Balaban J connectivity index is 1.28. The normalized spacial score (nSPS) is 13.1. The smallest absolute Gasteiger partial charge is 0.258 e. The zero-order valence-electron chi connectivity index (χ0n) is 35.2. The molecule has 0 radical (unpaired) electrons. The molecule has 5 aromatic carbocycles. The van der Waals surface area contributed by atoms with Gasteiger partial charge in [-0.05, 0) is 118 Å². The number of aryl methyl sites for hydroxylation is 1. The van der Waals surface area contributed by atoms with E-state index in [-0.39, 0.29) is 67.0 Å². The predicted molar refractivity (Wildman–Crippen MR) is 256 cm³/mol. The van der Waals surface area contributed by atoms with Crippen LogP contribution < -0.4 is 21.3 Å². The van der Waals surface area contributed by atoms with Gasteiger partial charge in [0.15, 0.2) is 11.6 Å². The van der Waals surface area contributed by atoms with Crippen molar-refractivity contribution in [2.45, 2.75) is 57.0 Å². The Hall–Kier alpha value is -6.03. The molecule has 4 amide bonds. The van der Waals surface area contributed by atoms with Gasteiger partial charge in [-0.25, -0.2) is 0 Å². The zero-order valence-corrected chi connectivity index (χ0v) is 38.9. The second-order valence-electron chi connectivity index (χ2n) is 14.4. The fourth-order valence-corrected chi connectivity index (χ4v) is 7.18. The van der Waals surface area contributed by atoms with E-state index in [1.165, 1.54) is 68.4 Å². The predicted octanol–water partition coefficient (Wildman–Crippen LogP) is 12.2. The molecule has 0 saturated carbocycles. The molecule has 336 valence electrons. The van der Waals surface area contributed by atoms with Crippen molar-refractivity contribution in [2.24, 2.45) is 20.5 Å². The van der Waals surface area contributed by atoms with Crippen molar-refractivity contribution in [1.29, 1.82) is 0 Å². The average Bonchev–Trinajstić information content (AvgIpc) is 3.25. The number of rotatable bonds is 18. The highest BCUT2D eigenvalue weighted by Crippen LogP contribution is 2.32. The Morgan fingerprint density at radius 1 is 0.554 bits per heavy atom. The minimum atomic E-state index is -1.59. The molecule has 0 fully saturated rings. The Labute approximate surface area is 399 Å². The number of carbonyl (C=O) groups is 6. The van der Waals surface area contributed by atoms with Gasteiger partial charge in [0, 0.05) is 28.6 Å². The quantitative estimate of drug-likeness (QED) is 0.0382. The molecular formula is C46H41Cl5N8O6. The number of benzene rings is 5. The Bertz CT molecular complexity index is 2690. The molecule has 4 unspecified atom stereocenters. The summed E-state index contributed by atoms with van der Waals surface area (Å²) in [6, 6.07) is 23.9. The number of anilines is 4. The molecule has 0 aliphatic rings. The molecule has 0 aliphatic heterocycles. The van der Waals surface area contributed by atoms with Crippen LogP contribution in [0.1, 0.15) is 75.9 Å². The van der Waals surface area contributed by atoms with Gasteiger partial charge in [0.2, 0.25) is 12.1 Å². The summed E-state index contributed by atoms with van der Waals surface area (Å²) in [5.74, 6) is -3.85. The van der Waals surface area contributed by atoms with Crippen molar-refractivity contribution in [3.05, 3.63) is 141 Å². The van der Waals surface area contributed by atoms with Gasteiger partial charge < -0.3 is 21.3 Å². The van der Waals surface area contributed by atoms with Gasteiger partial charge in [0.25, 0.3) is 23.6 Å². The highest BCUT2D eigenvalue weighted by atomic mass is 35.5. The standard InChI is InChI=1S/C46H41Cl5N8O6/c1-24(48)32-9-5-7-11-39(32)54-43(62)34-22-30(13-16-36(34)50)56-58-41(26(3)60)45(64)52-29-15-18-38(28(21-29)19-20-47)53-46(65)42(27(4)61)59-57-31-14-17-37(51)35(23-31)44(63)55-40-12-8-6-10-33(40)25(2)49/h5-18,21-25,41-42H,19-20H2,1-4H3,(H,52,64)(H,53,65)(H,54,62)(H,55,63). The van der Waals surface area contributed by atoms with Crippen LogP contribution in [0.15, 0.2) is 124 Å². The first kappa shape index (κ1) is 50.0. The molecule has 0 heterocycles. The number of para-hydroxylation sites is 2. The molecule has 4 N–H and O–H groups in total. The van der Waals surface area contributed by atoms with Crippen LogP contribution >= 0.6 is 58.0 Å². The summed E-state index contributed by atoms with van der Waals surface area (Å²) >= 11 is 31.4. The topological polar surface area (TPSA) is 200 Å². The first-order valence-electron chi connectivity index (χ1n) is 19.8. The Morgan fingerprint density at radius 2 is 1.00 bits per heavy atom. The molecule has 65 heavy (non-hydrogen) atoms. The van der Waals surface area contributed by atoms with Gasteiger partial charge in [-0.1, -0.05) is 59.6 Å². The van der Waals surface area contributed by atoms with Crippen molar-refractivity contribution < 1.29 is 28.8 Å². The number of hydrogen-bond acceptors (Lipinski definition) is 10. The maximum absolute atomic E-state index is 13.5. The lowest BCUT2D eigenvalue weighted by atomic mass is 10.1. The number of hydrogen-bond donors (Lipinski definition) is 4. The van der Waals surface area contributed by atoms with Gasteiger partial charge in [-0.2, -0.15) is 20.5 Å². The maximum atomic E-state index is 13.5. The average molecular weight is 979 g/mol. The molecular weight excluding hydrogens is 938 g/mol. The van der Waals surface area contributed by atoms with Gasteiger partial charge in [0.05, 0.1) is 43.3 Å². The highest BCUT2D eigenvalue weighted by Gasteiger charge is 2.26. The monoisotopic (exact) mass is 976 g/mol. The molecule has 0 bridgehead atoms. The van der Waals surface area contributed by atoms with E-state index in [0.29, 0.717) is 28.1 Å². The van der Waals surface area contributed by atoms with E-state index in [0.717, 1.165) is 0 Å². The lowest BCUT2D eigenvalue weighted by Gasteiger charge is -2.15. The largest absolute Gasteiger partial charge is 0.324 e. The third-order valence-corrected chi connectivity index (χ3v) is 10.8. The van der Waals surface area contributed by atoms with E-state index in [2.05, 4.69) is 41.7 Å². The van der Waals surface area contributed by atoms with Crippen LogP contribution in [0.4, 0.5) is 34.1 Å². The summed E-state index contributed by atoms with van der Waals surface area (Å²) in [7, 11) is 0. The van der Waals surface area contributed by atoms with Crippen LogP contribution in [0.3, 0.4) is 0 Å². The highest BCUT2D eigenvalue weighted by molar-refractivity contribution is 6.35. The lowest BCUT2D eigenvalue weighted by Crippen LogP contribution is -2.32. The number of Topliss-reactive ketones (excluding diaryl/α,β-unsaturated/α-hetero) is 2. The second-order valence-corrected chi connectivity index (χ2v) is 16.9. The molecule has 0 spiro atoms. The van der Waals surface area contributed by atoms with Gasteiger partial charge in [0.1, 0.15) is 0 Å². The van der Waals surface area contributed by atoms with Gasteiger partial charge in [-0.15, -0.1) is 34.8 Å². The molecule has 0 aromatic heterocycles. The minimum absolute atomic E-state index is 0.0667. The first-order chi connectivity index (χ1) is 31.0. The van der Waals surface area contributed by atoms with Crippen LogP contribution in [-0.4, -0.2) is 53.2 Å². The Kier molecular flexibility index (Phi) is 17.9. The van der Waals surface area contributed by atoms with Crippen LogP contribution in [0, 0.1) is 0 Å². The van der Waals surface area contributed by atoms with E-state index >= 15 is 0 Å². The molecule has 5 aromatic rings. The minimum Gasteiger partial charge on any atom is -0.324 e. The van der Waals surface area contributed by atoms with Crippen LogP contribution in [0.25, 0.3) is 0 Å². The summed E-state index contributed by atoms with van der Waals surface area (Å²) in [4.78, 5) is 78.7. The molecule has 5 rings (SSSR count). The number of azo groups is 2. The van der Waals surface area contributed by atoms with Crippen molar-refractivity contribution >= 4 is 127 Å². The number of carbonyl (C=O) groups excluding carboxylic acids is 6. The van der Waals surface area contributed by atoms with E-state index in [1.54, 1.807) is 62.4 Å². The summed E-state index contributed by atoms with van der Waals surface area (Å²) in [5.41, 5.74) is 3.79. The lowest BCUT2D eigenvalue weighted by molar-refractivity contribution is -0.127. The number of alkyl halides is 3. The summed E-state index contributed by atoms with van der Waals surface area (Å²) < 4.78 is 0. The number of halogens is 5. The molecule has 14 nitrogen and oxygen atoms in total. The van der Waals surface area contributed by atoms with E-state index in [9.17, 15) is 28.8 Å². The second kappa shape index (κ2) is 23.2. The SMILES string of the molecule is CC(=O)C(N=Nc1ccc(Cl)c(C(=O)Nc2ccccc2C(C)Cl)c1)C(=O)Nc1ccc(NC(=O)C(N=Nc2ccc(Cl)c(C(=O)Nc3ccccc3C(C)Cl)c2)C(C)=O)c(CCCl)c1. The molecule has 4 atom stereocenters. The van der Waals surface area contributed by atoms with Crippen LogP contribution in [0.5, 0.6) is 0 Å². The summed E-state index contributed by atoms with van der Waals surface area (Å²) in [6.45, 7) is 5.89. The molecule has 19 heteroatoms. The molecule has 0 saturated heterocycles. The zero-order chi connectivity index (χ0) is 47.4. The van der Waals surface area contributed by atoms with Crippen molar-refractivity contribution in [2.75, 3.05) is 27.1 Å². The van der Waals surface area contributed by atoms with Crippen molar-refractivity contribution in [3.8, 4) is 0 Å². The summed E-state index contributed by atoms with van der Waals surface area (Å²) in [5, 5.41) is 26.5. The fourth-order valence-electron chi connectivity index (χ4n) is 6.19. The number of ketones is 2. The number of nitrogens with one attached hydrogen (secondary N) is 4. The maximum Gasteiger partial charge on any atom is 0.258 e. The van der Waals surface area contributed by atoms with Gasteiger partial charge in [-0.3, -0.25) is 28.8 Å². The van der Waals surface area contributed by atoms with Crippen molar-refractivity contribution in [1.82, 2.24) is 0 Å². The third-order valence-electron chi connectivity index (χ3n) is 9.50. The van der Waals surface area contributed by atoms with E-state index in [1.807, 2.05) is 0 Å². The van der Waals surface area contributed by atoms with Crippen LogP contribution in [-0.2, 0) is 25.6 Å². The van der Waals surface area contributed by atoms with E-state index < -0.39 is 47.3 Å². The number of nitrogens with zero attached hydrogens (tertiary/aromatic N) is 4. The molecule has 0 aliphatic carbocycles. The summed E-state index contributed by atoms with van der Waals surface area (Å²) in [6.07, 6.45) is 0.218. The van der Waals surface area contributed by atoms with Crippen LogP contribution in [0.2, 0.25) is 10.0 Å². The number of amides is 4. The van der Waals surface area contributed by atoms with E-state index in [4.69, 9.17) is 58.0 Å². The van der Waals surface area contributed by atoms with Crippen molar-refractivity contribution in [3.63, 3.8) is 0 Å².